The Labute approximate surface area is 83.9 Å². The van der Waals surface area contributed by atoms with Crippen LogP contribution in [0.5, 0.6) is 0 Å². The second-order valence-electron chi connectivity index (χ2n) is 1.90. The van der Waals surface area contributed by atoms with Crippen LogP contribution in [0.3, 0.4) is 0 Å². The van der Waals surface area contributed by atoms with E-state index < -0.39 is 0 Å². The van der Waals surface area contributed by atoms with Crippen molar-refractivity contribution in [3.8, 4) is 0 Å². The second-order valence-corrected chi connectivity index (χ2v) is 1.90. The first-order valence-electron chi connectivity index (χ1n) is 2.81. The van der Waals surface area contributed by atoms with Crippen molar-refractivity contribution in [1.82, 2.24) is 0 Å². The fraction of sp³-hybridized carbons (Fsp3) is 0. The zero-order valence-corrected chi connectivity index (χ0v) is 9.60. The first-order chi connectivity index (χ1) is 4.47. The molecule has 3 heteroatoms. The summed E-state index contributed by atoms with van der Waals surface area (Å²) in [5.41, 5.74) is 0.900. The van der Waals surface area contributed by atoms with Crippen molar-refractivity contribution < 1.29 is 36.3 Å². The van der Waals surface area contributed by atoms with Crippen molar-refractivity contribution in [3.05, 3.63) is 36.6 Å². The predicted octanol–water partition coefficient (Wildman–Crippen LogP) is -0.766. The zero-order valence-electron chi connectivity index (χ0n) is 5.88. The van der Waals surface area contributed by atoms with Gasteiger partial charge in [0.1, 0.15) is 5.58 Å². The molecule has 0 aliphatic heterocycles. The van der Waals surface area contributed by atoms with Crippen LogP contribution < -0.4 is 12.4 Å². The minimum absolute atomic E-state index is 0. The molecule has 1 aromatic carbocycles. The van der Waals surface area contributed by atoms with E-state index in [0.717, 1.165) is 11.0 Å². The molecule has 0 N–H and O–H groups in total. The van der Waals surface area contributed by atoms with Gasteiger partial charge in [0.05, 0.1) is 0 Å². The first-order valence-corrected chi connectivity index (χ1v) is 2.81. The summed E-state index contributed by atoms with van der Waals surface area (Å²) in [6.07, 6.45) is 2.66. The van der Waals surface area contributed by atoms with Crippen LogP contribution in [0, 0.1) is 6.26 Å². The van der Waals surface area contributed by atoms with Gasteiger partial charge in [0.15, 0.2) is 6.26 Å². The van der Waals surface area contributed by atoms with E-state index in [1.54, 1.807) is 0 Å². The molecule has 1 aromatic heterocycles. The summed E-state index contributed by atoms with van der Waals surface area (Å²) in [7, 11) is 0. The second kappa shape index (κ2) is 4.53. The molecule has 0 atom stereocenters. The Morgan fingerprint density at radius 3 is 2.64 bits per heavy atom. The van der Waals surface area contributed by atoms with E-state index in [1.165, 1.54) is 0 Å². The summed E-state index contributed by atoms with van der Waals surface area (Å²) >= 11 is 0. The van der Waals surface area contributed by atoms with E-state index in [-0.39, 0.29) is 31.9 Å². The maximum atomic E-state index is 4.99. The molecular weight excluding hydrogens is 213 g/mol. The van der Waals surface area contributed by atoms with Gasteiger partial charge in [-0.25, -0.2) is 0 Å². The number of fused-ring (bicyclic) bond motifs is 1. The molecule has 0 saturated carbocycles. The molecule has 2 aromatic rings. The molecular formula is C8H5ClOZn-. The predicted molar refractivity (Wildman–Crippen MR) is 35.1 cm³/mol. The van der Waals surface area contributed by atoms with E-state index in [2.05, 4.69) is 6.26 Å². The molecule has 0 aliphatic carbocycles. The average molecular weight is 218 g/mol. The first kappa shape index (κ1) is 10.7. The number of furan rings is 1. The van der Waals surface area contributed by atoms with Gasteiger partial charge in [-0.15, -0.1) is 0 Å². The minimum atomic E-state index is 0. The van der Waals surface area contributed by atoms with Gasteiger partial charge >= 0.3 is 0 Å². The van der Waals surface area contributed by atoms with Crippen LogP contribution in [0.25, 0.3) is 11.0 Å². The summed E-state index contributed by atoms with van der Waals surface area (Å²) < 4.78 is 4.99. The summed E-state index contributed by atoms with van der Waals surface area (Å²) in [5.74, 6) is 0. The summed E-state index contributed by atoms with van der Waals surface area (Å²) in [4.78, 5) is 0. The van der Waals surface area contributed by atoms with Crippen molar-refractivity contribution in [2.45, 2.75) is 0 Å². The normalized spacial score (nSPS) is 8.36. The number of hydrogen-bond donors (Lipinski definition) is 0. The molecule has 0 unspecified atom stereocenters. The molecule has 0 spiro atoms. The Balaban J connectivity index is 0.000000500. The van der Waals surface area contributed by atoms with Crippen molar-refractivity contribution >= 4 is 11.0 Å². The standard InChI is InChI=1S/C8H5O.ClH.Zn/c1-2-4-8-7(3-1)5-6-9-8;;/h1-5H;1H;/p-1. The fourth-order valence-corrected chi connectivity index (χ4v) is 0.849. The monoisotopic (exact) mass is 216 g/mol. The third-order valence-electron chi connectivity index (χ3n) is 1.30. The number of halogens is 1. The smallest absolute Gasteiger partial charge is 0.170 e. The van der Waals surface area contributed by atoms with Gasteiger partial charge in [-0.05, 0) is 12.1 Å². The number of hydrogen-bond acceptors (Lipinski definition) is 1. The SMILES string of the molecule is [Cl-].[Zn].[c]1cc2ccccc2o1. The Morgan fingerprint density at radius 1 is 1.18 bits per heavy atom. The number of para-hydroxylation sites is 1. The largest absolute Gasteiger partial charge is 1.00 e. The quantitative estimate of drug-likeness (QED) is 0.529. The summed E-state index contributed by atoms with van der Waals surface area (Å²) in [6.45, 7) is 0. The molecule has 2 rings (SSSR count). The Bertz CT molecular complexity index is 288. The van der Waals surface area contributed by atoms with Gasteiger partial charge in [0, 0.05) is 24.9 Å². The van der Waals surface area contributed by atoms with Crippen LogP contribution in [-0.2, 0) is 19.5 Å². The molecule has 0 bridgehead atoms. The van der Waals surface area contributed by atoms with Crippen molar-refractivity contribution in [2.75, 3.05) is 0 Å². The third kappa shape index (κ3) is 2.05. The van der Waals surface area contributed by atoms with Gasteiger partial charge in [-0.1, -0.05) is 18.2 Å². The van der Waals surface area contributed by atoms with E-state index in [9.17, 15) is 0 Å². The van der Waals surface area contributed by atoms with E-state index in [4.69, 9.17) is 4.42 Å². The van der Waals surface area contributed by atoms with Gasteiger partial charge < -0.3 is 16.8 Å². The topological polar surface area (TPSA) is 13.1 Å². The van der Waals surface area contributed by atoms with Gasteiger partial charge in [-0.3, -0.25) is 0 Å². The van der Waals surface area contributed by atoms with Gasteiger partial charge in [0.2, 0.25) is 0 Å². The Morgan fingerprint density at radius 2 is 1.91 bits per heavy atom. The average Bonchev–Trinajstić information content (AvgIpc) is 2.33. The van der Waals surface area contributed by atoms with Crippen LogP contribution in [-0.4, -0.2) is 0 Å². The number of rotatable bonds is 0. The van der Waals surface area contributed by atoms with E-state index >= 15 is 0 Å². The summed E-state index contributed by atoms with van der Waals surface area (Å²) in [6, 6.07) is 9.67. The van der Waals surface area contributed by atoms with E-state index in [0.29, 0.717) is 0 Å². The molecule has 1 heterocycles. The minimum Gasteiger partial charge on any atom is -1.00 e. The van der Waals surface area contributed by atoms with Crippen molar-refractivity contribution in [2.24, 2.45) is 0 Å². The van der Waals surface area contributed by atoms with Crippen molar-refractivity contribution in [1.29, 1.82) is 0 Å². The van der Waals surface area contributed by atoms with Gasteiger partial charge in [-0.2, -0.15) is 0 Å². The molecule has 0 saturated heterocycles. The maximum Gasteiger partial charge on any atom is 0.170 e. The van der Waals surface area contributed by atoms with E-state index in [1.807, 2.05) is 30.3 Å². The summed E-state index contributed by atoms with van der Waals surface area (Å²) in [5, 5.41) is 1.11. The number of benzene rings is 1. The third-order valence-corrected chi connectivity index (χ3v) is 1.30. The molecule has 53 valence electrons. The van der Waals surface area contributed by atoms with Gasteiger partial charge in [0.25, 0.3) is 0 Å². The molecule has 0 fully saturated rings. The fourth-order valence-electron chi connectivity index (χ4n) is 0.849. The molecule has 1 radical (unpaired) electrons. The van der Waals surface area contributed by atoms with Crippen LogP contribution in [0.15, 0.2) is 34.7 Å². The molecule has 1 nitrogen and oxygen atoms in total. The van der Waals surface area contributed by atoms with Crippen LogP contribution >= 0.6 is 0 Å². The molecule has 11 heavy (non-hydrogen) atoms. The van der Waals surface area contributed by atoms with Crippen LogP contribution in [0.1, 0.15) is 0 Å². The Hall–Kier alpha value is -0.327. The maximum absolute atomic E-state index is 4.99. The van der Waals surface area contributed by atoms with Crippen LogP contribution in [0.2, 0.25) is 0 Å². The Kier molecular flexibility index (Phi) is 4.40. The molecule has 0 amide bonds. The zero-order chi connectivity index (χ0) is 6.10. The van der Waals surface area contributed by atoms with Crippen molar-refractivity contribution in [3.63, 3.8) is 0 Å². The van der Waals surface area contributed by atoms with Crippen LogP contribution in [0.4, 0.5) is 0 Å². The molecule has 0 aliphatic rings.